The van der Waals surface area contributed by atoms with Gasteiger partial charge in [0.25, 0.3) is 0 Å². The van der Waals surface area contributed by atoms with Gasteiger partial charge in [0.2, 0.25) is 0 Å². The van der Waals surface area contributed by atoms with Crippen molar-refractivity contribution in [2.45, 2.75) is 51.2 Å². The third-order valence-electron chi connectivity index (χ3n) is 6.08. The molecule has 2 aliphatic carbocycles. The van der Waals surface area contributed by atoms with Gasteiger partial charge in [-0.3, -0.25) is 10.1 Å². The fraction of sp³-hybridized carbons (Fsp3) is 0.632. The van der Waals surface area contributed by atoms with Gasteiger partial charge in [-0.2, -0.15) is 0 Å². The normalized spacial score (nSPS) is 36.8. The number of carbonyl (C=O) groups excluding carboxylic acids is 2. The van der Waals surface area contributed by atoms with Crippen molar-refractivity contribution in [3.63, 3.8) is 0 Å². The molecule has 0 bridgehead atoms. The van der Waals surface area contributed by atoms with Gasteiger partial charge >= 0.3 is 12.1 Å². The summed E-state index contributed by atoms with van der Waals surface area (Å²) in [6.45, 7) is 1.92. The number of ether oxygens (including phenoxy) is 2. The Bertz CT molecular complexity index is 650. The van der Waals surface area contributed by atoms with E-state index in [1.165, 1.54) is 6.42 Å². The highest BCUT2D eigenvalue weighted by Crippen LogP contribution is 2.51. The molecule has 1 aromatic rings. The standard InChI is InChI=1S/C19H24N2O4/c1-11-16-14(18(22)24-11)10-12-6-2-3-7-13(12)17(16)25-19(23)21-15-8-4-5-9-20-15/h4-5,8-9,11-14,16-17H,2-3,6-7,10H2,1H3,(H,20,21,23). The van der Waals surface area contributed by atoms with Gasteiger partial charge in [-0.05, 0) is 43.7 Å². The predicted molar refractivity (Wildman–Crippen MR) is 90.7 cm³/mol. The van der Waals surface area contributed by atoms with E-state index < -0.39 is 6.09 Å². The summed E-state index contributed by atoms with van der Waals surface area (Å²) in [5, 5.41) is 2.69. The molecule has 1 aromatic heterocycles. The molecule has 6 unspecified atom stereocenters. The first-order chi connectivity index (χ1) is 12.1. The van der Waals surface area contributed by atoms with Crippen molar-refractivity contribution in [1.82, 2.24) is 4.98 Å². The number of anilines is 1. The quantitative estimate of drug-likeness (QED) is 0.832. The molecule has 1 aliphatic heterocycles. The number of amides is 1. The molecule has 0 aromatic carbocycles. The highest BCUT2D eigenvalue weighted by Gasteiger charge is 2.56. The number of esters is 1. The number of pyridine rings is 1. The number of nitrogens with zero attached hydrogens (tertiary/aromatic N) is 1. The van der Waals surface area contributed by atoms with Gasteiger partial charge in [-0.1, -0.05) is 25.3 Å². The van der Waals surface area contributed by atoms with E-state index in [-0.39, 0.29) is 30.0 Å². The van der Waals surface area contributed by atoms with Gasteiger partial charge < -0.3 is 9.47 Å². The maximum Gasteiger partial charge on any atom is 0.413 e. The molecule has 2 heterocycles. The first-order valence-corrected chi connectivity index (χ1v) is 9.22. The van der Waals surface area contributed by atoms with Gasteiger partial charge in [0.1, 0.15) is 18.0 Å². The van der Waals surface area contributed by atoms with E-state index >= 15 is 0 Å². The highest BCUT2D eigenvalue weighted by molar-refractivity contribution is 5.83. The Morgan fingerprint density at radius 1 is 1.32 bits per heavy atom. The summed E-state index contributed by atoms with van der Waals surface area (Å²) in [5.41, 5.74) is 0. The van der Waals surface area contributed by atoms with Crippen molar-refractivity contribution in [3.05, 3.63) is 24.4 Å². The zero-order valence-electron chi connectivity index (χ0n) is 14.4. The molecule has 2 saturated carbocycles. The highest BCUT2D eigenvalue weighted by atomic mass is 16.6. The SMILES string of the molecule is CC1OC(=O)C2CC3CCCCC3C(OC(=O)Nc3ccccn3)C12. The zero-order chi connectivity index (χ0) is 17.4. The number of cyclic esters (lactones) is 1. The molecule has 6 atom stereocenters. The molecular formula is C19H24N2O4. The lowest BCUT2D eigenvalue weighted by atomic mass is 9.61. The molecule has 0 spiro atoms. The Morgan fingerprint density at radius 2 is 2.16 bits per heavy atom. The van der Waals surface area contributed by atoms with Crippen LogP contribution in [0.2, 0.25) is 0 Å². The minimum atomic E-state index is -0.500. The molecule has 1 amide bonds. The fourth-order valence-corrected chi connectivity index (χ4v) is 5.02. The molecule has 4 rings (SSSR count). The zero-order valence-corrected chi connectivity index (χ0v) is 14.4. The summed E-state index contributed by atoms with van der Waals surface area (Å²) >= 11 is 0. The smallest absolute Gasteiger partial charge is 0.413 e. The molecule has 3 fully saturated rings. The van der Waals surface area contributed by atoms with Gasteiger partial charge in [-0.15, -0.1) is 0 Å². The fourth-order valence-electron chi connectivity index (χ4n) is 5.02. The molecular weight excluding hydrogens is 320 g/mol. The Kier molecular flexibility index (Phi) is 4.36. The van der Waals surface area contributed by atoms with Crippen molar-refractivity contribution in [3.8, 4) is 0 Å². The van der Waals surface area contributed by atoms with Gasteiger partial charge in [-0.25, -0.2) is 9.78 Å². The van der Waals surface area contributed by atoms with Crippen LogP contribution in [0.15, 0.2) is 24.4 Å². The van der Waals surface area contributed by atoms with Gasteiger partial charge in [0.15, 0.2) is 0 Å². The number of aromatic nitrogens is 1. The number of rotatable bonds is 2. The number of fused-ring (bicyclic) bond motifs is 2. The maximum atomic E-state index is 12.4. The van der Waals surface area contributed by atoms with Crippen LogP contribution in [0.3, 0.4) is 0 Å². The topological polar surface area (TPSA) is 77.5 Å². The minimum absolute atomic E-state index is 0.0404. The van der Waals surface area contributed by atoms with E-state index in [0.29, 0.717) is 17.7 Å². The Labute approximate surface area is 147 Å². The average Bonchev–Trinajstić information content (AvgIpc) is 2.89. The molecule has 1 saturated heterocycles. The molecule has 25 heavy (non-hydrogen) atoms. The van der Waals surface area contributed by atoms with Crippen LogP contribution in [0.25, 0.3) is 0 Å². The van der Waals surface area contributed by atoms with Crippen molar-refractivity contribution < 1.29 is 19.1 Å². The third kappa shape index (κ3) is 3.10. The third-order valence-corrected chi connectivity index (χ3v) is 6.08. The lowest BCUT2D eigenvalue weighted by Crippen LogP contribution is -2.49. The number of hydrogen-bond donors (Lipinski definition) is 1. The summed E-state index contributed by atoms with van der Waals surface area (Å²) in [7, 11) is 0. The largest absolute Gasteiger partial charge is 0.462 e. The predicted octanol–water partition coefficient (Wildman–Crippen LogP) is 3.39. The van der Waals surface area contributed by atoms with Crippen LogP contribution in [0.1, 0.15) is 39.0 Å². The minimum Gasteiger partial charge on any atom is -0.462 e. The summed E-state index contributed by atoms with van der Waals surface area (Å²) in [5.74, 6) is 0.928. The molecule has 3 aliphatic rings. The van der Waals surface area contributed by atoms with Gasteiger partial charge in [0.05, 0.1) is 5.92 Å². The van der Waals surface area contributed by atoms with E-state index in [4.69, 9.17) is 9.47 Å². The summed E-state index contributed by atoms with van der Waals surface area (Å²) in [4.78, 5) is 28.8. The van der Waals surface area contributed by atoms with Crippen molar-refractivity contribution in [2.75, 3.05) is 5.32 Å². The van der Waals surface area contributed by atoms with Crippen molar-refractivity contribution in [2.24, 2.45) is 23.7 Å². The first kappa shape index (κ1) is 16.4. The summed E-state index contributed by atoms with van der Waals surface area (Å²) in [6.07, 6.45) is 6.03. The van der Waals surface area contributed by atoms with E-state index in [1.807, 2.05) is 13.0 Å². The van der Waals surface area contributed by atoms with Crippen LogP contribution in [0.4, 0.5) is 10.6 Å². The van der Waals surface area contributed by atoms with Crippen LogP contribution < -0.4 is 5.32 Å². The summed E-state index contributed by atoms with van der Waals surface area (Å²) in [6, 6.07) is 5.32. The first-order valence-electron chi connectivity index (χ1n) is 9.22. The number of carbonyl (C=O) groups is 2. The van der Waals surface area contributed by atoms with Crippen LogP contribution >= 0.6 is 0 Å². The molecule has 0 radical (unpaired) electrons. The van der Waals surface area contributed by atoms with Crippen LogP contribution in [-0.4, -0.2) is 29.3 Å². The molecule has 6 nitrogen and oxygen atoms in total. The van der Waals surface area contributed by atoms with Gasteiger partial charge in [0, 0.05) is 12.1 Å². The second-order valence-corrected chi connectivity index (χ2v) is 7.48. The lowest BCUT2D eigenvalue weighted by molar-refractivity contribution is -0.144. The Morgan fingerprint density at radius 3 is 2.96 bits per heavy atom. The van der Waals surface area contributed by atoms with E-state index in [9.17, 15) is 9.59 Å². The van der Waals surface area contributed by atoms with Crippen molar-refractivity contribution in [1.29, 1.82) is 0 Å². The van der Waals surface area contributed by atoms with Crippen LogP contribution in [0.5, 0.6) is 0 Å². The van der Waals surface area contributed by atoms with Crippen LogP contribution in [-0.2, 0) is 14.3 Å². The molecule has 1 N–H and O–H groups in total. The monoisotopic (exact) mass is 344 g/mol. The second-order valence-electron chi connectivity index (χ2n) is 7.48. The Balaban J connectivity index is 1.53. The average molecular weight is 344 g/mol. The Hall–Kier alpha value is -2.11. The van der Waals surface area contributed by atoms with E-state index in [1.54, 1.807) is 18.3 Å². The van der Waals surface area contributed by atoms with Crippen molar-refractivity contribution >= 4 is 17.9 Å². The maximum absolute atomic E-state index is 12.4. The number of hydrogen-bond acceptors (Lipinski definition) is 5. The molecule has 134 valence electrons. The second kappa shape index (κ2) is 6.65. The number of nitrogens with one attached hydrogen (secondary N) is 1. The lowest BCUT2D eigenvalue weighted by Gasteiger charge is -2.45. The van der Waals surface area contributed by atoms with E-state index in [0.717, 1.165) is 25.7 Å². The van der Waals surface area contributed by atoms with Crippen LogP contribution in [0, 0.1) is 23.7 Å². The summed E-state index contributed by atoms with van der Waals surface area (Å²) < 4.78 is 11.4. The van der Waals surface area contributed by atoms with E-state index in [2.05, 4.69) is 10.3 Å². The molecule has 6 heteroatoms.